The molecule has 0 aromatic rings. The monoisotopic (exact) mass is 297 g/mol. The zero-order chi connectivity index (χ0) is 15.2. The Labute approximate surface area is 126 Å². The fourth-order valence-electron chi connectivity index (χ4n) is 3.16. The van der Waals surface area contributed by atoms with E-state index in [1.54, 1.807) is 4.90 Å². The number of amides is 2. The number of nitrogens with one attached hydrogen (secondary N) is 1. The Balaban J connectivity index is 1.74. The molecule has 2 atom stereocenters. The second-order valence-electron chi connectivity index (χ2n) is 6.18. The largest absolute Gasteiger partial charge is 0.389 e. The third-order valence-corrected chi connectivity index (χ3v) is 4.37. The van der Waals surface area contributed by atoms with E-state index < -0.39 is 6.10 Å². The minimum absolute atomic E-state index is 0.0751. The van der Waals surface area contributed by atoms with Gasteiger partial charge in [-0.05, 0) is 25.9 Å². The van der Waals surface area contributed by atoms with Gasteiger partial charge in [0, 0.05) is 33.0 Å². The summed E-state index contributed by atoms with van der Waals surface area (Å²) in [5, 5.41) is 12.6. The highest BCUT2D eigenvalue weighted by Crippen LogP contribution is 2.13. The molecule has 0 aliphatic carbocycles. The molecule has 2 rings (SSSR count). The molecular formula is C15H27N3O3. The highest BCUT2D eigenvalue weighted by Gasteiger charge is 2.34. The fourth-order valence-corrected chi connectivity index (χ4v) is 3.16. The minimum Gasteiger partial charge on any atom is -0.389 e. The van der Waals surface area contributed by atoms with E-state index >= 15 is 0 Å². The maximum absolute atomic E-state index is 12.2. The van der Waals surface area contributed by atoms with Crippen molar-refractivity contribution in [1.82, 2.24) is 15.1 Å². The molecule has 120 valence electrons. The van der Waals surface area contributed by atoms with Crippen LogP contribution in [0.2, 0.25) is 0 Å². The van der Waals surface area contributed by atoms with Gasteiger partial charge in [-0.1, -0.05) is 12.8 Å². The van der Waals surface area contributed by atoms with E-state index in [4.69, 9.17) is 0 Å². The number of aliphatic hydroxyl groups excluding tert-OH is 1. The molecule has 0 aromatic carbocycles. The number of likely N-dealkylation sites (tertiary alicyclic amines) is 2. The molecule has 2 aliphatic rings. The summed E-state index contributed by atoms with van der Waals surface area (Å²) in [6.45, 7) is 5.14. The maximum Gasteiger partial charge on any atom is 0.224 e. The average Bonchev–Trinajstić information content (AvgIpc) is 2.66. The lowest BCUT2D eigenvalue weighted by Crippen LogP contribution is -2.42. The van der Waals surface area contributed by atoms with Crippen LogP contribution in [0.1, 0.15) is 39.0 Å². The molecule has 21 heavy (non-hydrogen) atoms. The summed E-state index contributed by atoms with van der Waals surface area (Å²) in [5.74, 6) is -0.0935. The van der Waals surface area contributed by atoms with Gasteiger partial charge in [-0.15, -0.1) is 0 Å². The molecular weight excluding hydrogens is 270 g/mol. The summed E-state index contributed by atoms with van der Waals surface area (Å²) >= 11 is 0. The summed E-state index contributed by atoms with van der Waals surface area (Å²) in [7, 11) is 0. The predicted molar refractivity (Wildman–Crippen MR) is 79.7 cm³/mol. The van der Waals surface area contributed by atoms with Crippen molar-refractivity contribution in [1.29, 1.82) is 0 Å². The quantitative estimate of drug-likeness (QED) is 0.764. The van der Waals surface area contributed by atoms with Crippen molar-refractivity contribution < 1.29 is 14.7 Å². The second kappa shape index (κ2) is 7.75. The lowest BCUT2D eigenvalue weighted by Gasteiger charge is -2.21. The lowest BCUT2D eigenvalue weighted by molar-refractivity contribution is -0.131. The standard InChI is InChI=1S/C15H27N3O3/c1-12(19)16-13-10-18(11-14(13)20)15(21)6-9-17-7-4-2-3-5-8-17/h13-14,20H,2-11H2,1H3,(H,16,19)/t13-,14-/m1/s1. The topological polar surface area (TPSA) is 72.9 Å². The molecule has 0 unspecified atom stereocenters. The van der Waals surface area contributed by atoms with Gasteiger partial charge < -0.3 is 20.2 Å². The van der Waals surface area contributed by atoms with Crippen LogP contribution in [0.3, 0.4) is 0 Å². The number of aliphatic hydroxyl groups is 1. The number of rotatable bonds is 4. The second-order valence-corrected chi connectivity index (χ2v) is 6.18. The van der Waals surface area contributed by atoms with Crippen LogP contribution in [0.4, 0.5) is 0 Å². The van der Waals surface area contributed by atoms with Gasteiger partial charge in [0.25, 0.3) is 0 Å². The average molecular weight is 297 g/mol. The number of hydrogen-bond donors (Lipinski definition) is 2. The molecule has 0 aromatic heterocycles. The Kier molecular flexibility index (Phi) is 5.99. The molecule has 2 aliphatic heterocycles. The van der Waals surface area contributed by atoms with Gasteiger partial charge in [-0.25, -0.2) is 0 Å². The normalized spacial score (nSPS) is 27.4. The van der Waals surface area contributed by atoms with Crippen molar-refractivity contribution in [2.45, 2.75) is 51.2 Å². The van der Waals surface area contributed by atoms with Crippen LogP contribution < -0.4 is 5.32 Å². The van der Waals surface area contributed by atoms with Crippen LogP contribution in [0, 0.1) is 0 Å². The van der Waals surface area contributed by atoms with Crippen molar-refractivity contribution in [3.63, 3.8) is 0 Å². The van der Waals surface area contributed by atoms with E-state index in [1.165, 1.54) is 32.6 Å². The van der Waals surface area contributed by atoms with Gasteiger partial charge in [-0.3, -0.25) is 9.59 Å². The summed E-state index contributed by atoms with van der Waals surface area (Å²) in [6, 6.07) is -0.329. The molecule has 2 saturated heterocycles. The summed E-state index contributed by atoms with van der Waals surface area (Å²) in [5.41, 5.74) is 0. The molecule has 0 saturated carbocycles. The van der Waals surface area contributed by atoms with Gasteiger partial charge in [0.1, 0.15) is 0 Å². The van der Waals surface area contributed by atoms with E-state index in [1.807, 2.05) is 0 Å². The first kappa shape index (κ1) is 16.2. The van der Waals surface area contributed by atoms with Crippen LogP contribution in [-0.2, 0) is 9.59 Å². The molecule has 2 amide bonds. The third kappa shape index (κ3) is 4.97. The fraction of sp³-hybridized carbons (Fsp3) is 0.867. The first-order valence-electron chi connectivity index (χ1n) is 8.01. The van der Waals surface area contributed by atoms with Crippen LogP contribution in [0.25, 0.3) is 0 Å². The van der Waals surface area contributed by atoms with Crippen molar-refractivity contribution in [2.24, 2.45) is 0 Å². The van der Waals surface area contributed by atoms with Gasteiger partial charge in [0.2, 0.25) is 11.8 Å². The molecule has 6 nitrogen and oxygen atoms in total. The molecule has 2 heterocycles. The Hall–Kier alpha value is -1.14. The molecule has 6 heteroatoms. The Morgan fingerprint density at radius 3 is 2.43 bits per heavy atom. The predicted octanol–water partition coefficient (Wildman–Crippen LogP) is -0.0397. The lowest BCUT2D eigenvalue weighted by atomic mass is 10.2. The van der Waals surface area contributed by atoms with Gasteiger partial charge in [0.15, 0.2) is 0 Å². The zero-order valence-electron chi connectivity index (χ0n) is 12.9. The summed E-state index contributed by atoms with van der Waals surface area (Å²) in [4.78, 5) is 27.3. The Morgan fingerprint density at radius 1 is 1.14 bits per heavy atom. The Morgan fingerprint density at radius 2 is 1.81 bits per heavy atom. The number of carbonyl (C=O) groups is 2. The molecule has 2 fully saturated rings. The van der Waals surface area contributed by atoms with Crippen molar-refractivity contribution >= 4 is 11.8 Å². The van der Waals surface area contributed by atoms with Crippen molar-refractivity contribution in [2.75, 3.05) is 32.7 Å². The van der Waals surface area contributed by atoms with Gasteiger partial charge in [-0.2, -0.15) is 0 Å². The van der Waals surface area contributed by atoms with Crippen LogP contribution in [0.15, 0.2) is 0 Å². The van der Waals surface area contributed by atoms with Gasteiger partial charge >= 0.3 is 0 Å². The van der Waals surface area contributed by atoms with Crippen molar-refractivity contribution in [3.8, 4) is 0 Å². The van der Waals surface area contributed by atoms with Crippen LogP contribution in [-0.4, -0.2) is 71.6 Å². The maximum atomic E-state index is 12.2. The van der Waals surface area contributed by atoms with Crippen LogP contribution >= 0.6 is 0 Å². The molecule has 0 spiro atoms. The SMILES string of the molecule is CC(=O)N[C@@H]1CN(C(=O)CCN2CCCCCC2)C[C@H]1O. The summed E-state index contributed by atoms with van der Waals surface area (Å²) < 4.78 is 0. The number of carbonyl (C=O) groups excluding carboxylic acids is 2. The number of hydrogen-bond acceptors (Lipinski definition) is 4. The molecule has 0 bridgehead atoms. The van der Waals surface area contributed by atoms with E-state index in [0.29, 0.717) is 19.5 Å². The molecule has 0 radical (unpaired) electrons. The van der Waals surface area contributed by atoms with E-state index in [2.05, 4.69) is 10.2 Å². The first-order valence-corrected chi connectivity index (χ1v) is 8.01. The van der Waals surface area contributed by atoms with E-state index in [0.717, 1.165) is 19.6 Å². The zero-order valence-corrected chi connectivity index (χ0v) is 12.9. The number of nitrogens with zero attached hydrogens (tertiary/aromatic N) is 2. The molecule has 2 N–H and O–H groups in total. The van der Waals surface area contributed by atoms with Crippen molar-refractivity contribution in [3.05, 3.63) is 0 Å². The van der Waals surface area contributed by atoms with E-state index in [9.17, 15) is 14.7 Å². The van der Waals surface area contributed by atoms with Gasteiger partial charge in [0.05, 0.1) is 12.1 Å². The third-order valence-electron chi connectivity index (χ3n) is 4.37. The Bertz CT molecular complexity index is 367. The smallest absolute Gasteiger partial charge is 0.224 e. The summed E-state index contributed by atoms with van der Waals surface area (Å²) in [6.07, 6.45) is 4.88. The number of β-amino-alcohol motifs (C(OH)–C–C–N with tert-alkyl or cyclic N) is 1. The minimum atomic E-state index is -0.656. The highest BCUT2D eigenvalue weighted by molar-refractivity contribution is 5.77. The highest BCUT2D eigenvalue weighted by atomic mass is 16.3. The van der Waals surface area contributed by atoms with E-state index in [-0.39, 0.29) is 17.9 Å². The first-order chi connectivity index (χ1) is 10.1. The van der Waals surface area contributed by atoms with Crippen LogP contribution in [0.5, 0.6) is 0 Å².